The molecule has 10 heteroatoms. The van der Waals surface area contributed by atoms with E-state index in [2.05, 4.69) is 21.3 Å². The Hall–Kier alpha value is -2.04. The molecule has 0 saturated carbocycles. The van der Waals surface area contributed by atoms with Crippen molar-refractivity contribution in [3.8, 4) is 0 Å². The van der Waals surface area contributed by atoms with Gasteiger partial charge in [-0.3, -0.25) is 4.79 Å². The van der Waals surface area contributed by atoms with Gasteiger partial charge in [0.05, 0.1) is 21.4 Å². The lowest BCUT2D eigenvalue weighted by molar-refractivity contribution is 0.0986. The first kappa shape index (κ1) is 26.6. The topological polar surface area (TPSA) is 105 Å². The number of nitrogen functional groups attached to an aromatic ring is 1. The molecule has 1 fully saturated rings. The van der Waals surface area contributed by atoms with Gasteiger partial charge in [0.1, 0.15) is 5.82 Å². The minimum Gasteiger partial charge on any atom is -0.383 e. The second kappa shape index (κ2) is 11.6. The van der Waals surface area contributed by atoms with E-state index in [1.54, 1.807) is 12.3 Å². The van der Waals surface area contributed by atoms with Gasteiger partial charge in [-0.25, -0.2) is 13.4 Å². The molecule has 0 bridgehead atoms. The van der Waals surface area contributed by atoms with E-state index < -0.39 is 9.84 Å². The number of pyridine rings is 1. The molecule has 0 amide bonds. The molecule has 0 unspecified atom stereocenters. The zero-order valence-corrected chi connectivity index (χ0v) is 20.6. The number of hydrogen-bond donors (Lipinski definition) is 2. The number of Topliss-reactive ketones (excluding diaryl/α,β-unsaturated/α-hetero) is 1. The van der Waals surface area contributed by atoms with Gasteiger partial charge in [-0.15, -0.1) is 11.3 Å². The minimum absolute atomic E-state index is 0. The molecule has 7 nitrogen and oxygen atoms in total. The molecule has 4 rings (SSSR count). The number of nitrogens with zero attached hydrogens (tertiary/aromatic N) is 2. The van der Waals surface area contributed by atoms with Crippen molar-refractivity contribution in [3.05, 3.63) is 56.9 Å². The summed E-state index contributed by atoms with van der Waals surface area (Å²) in [5.74, 6) is 1.06. The van der Waals surface area contributed by atoms with E-state index in [0.29, 0.717) is 48.2 Å². The van der Waals surface area contributed by atoms with Crippen LogP contribution in [-0.2, 0) is 22.8 Å². The standard InChI is InChI=1S/C23H27ClN4O3S2.CH4/c24-19-14-21(32-22(19)15-26-7-8-28-9-11-33(30,31)12-10-28)20(29)4-2-16-1-3-18-17(13-16)5-6-27-23(18)25;/h1,3,5-6,13-14,26H,2,4,7-12,15H2,(H2,25,27);1H4. The first-order chi connectivity index (χ1) is 15.8. The molecule has 3 heterocycles. The molecule has 1 aliphatic heterocycles. The highest BCUT2D eigenvalue weighted by atomic mass is 35.5. The average molecular weight is 523 g/mol. The van der Waals surface area contributed by atoms with E-state index in [4.69, 9.17) is 17.3 Å². The van der Waals surface area contributed by atoms with Gasteiger partial charge in [-0.1, -0.05) is 37.2 Å². The van der Waals surface area contributed by atoms with Gasteiger partial charge < -0.3 is 16.0 Å². The Bertz CT molecular complexity index is 1250. The molecule has 1 saturated heterocycles. The summed E-state index contributed by atoms with van der Waals surface area (Å²) in [7, 11) is -2.85. The van der Waals surface area contributed by atoms with Crippen LogP contribution in [0, 0.1) is 0 Å². The van der Waals surface area contributed by atoms with Crippen molar-refractivity contribution in [2.24, 2.45) is 0 Å². The van der Waals surface area contributed by atoms with E-state index in [1.165, 1.54) is 11.3 Å². The molecule has 34 heavy (non-hydrogen) atoms. The van der Waals surface area contributed by atoms with E-state index >= 15 is 0 Å². The summed E-state index contributed by atoms with van der Waals surface area (Å²) in [6.07, 6.45) is 2.74. The largest absolute Gasteiger partial charge is 0.383 e. The van der Waals surface area contributed by atoms with Crippen molar-refractivity contribution < 1.29 is 13.2 Å². The monoisotopic (exact) mass is 522 g/mol. The number of aromatic nitrogens is 1. The van der Waals surface area contributed by atoms with Gasteiger partial charge >= 0.3 is 0 Å². The Balaban J connectivity index is 0.00000324. The molecular weight excluding hydrogens is 492 g/mol. The van der Waals surface area contributed by atoms with Crippen LogP contribution < -0.4 is 11.1 Å². The number of nitrogens with one attached hydrogen (secondary N) is 1. The highest BCUT2D eigenvalue weighted by Gasteiger charge is 2.21. The first-order valence-electron chi connectivity index (χ1n) is 10.9. The Morgan fingerprint density at radius 1 is 1.21 bits per heavy atom. The van der Waals surface area contributed by atoms with Crippen LogP contribution >= 0.6 is 22.9 Å². The Morgan fingerprint density at radius 3 is 2.74 bits per heavy atom. The lowest BCUT2D eigenvalue weighted by Crippen LogP contribution is -2.43. The van der Waals surface area contributed by atoms with Crippen molar-refractivity contribution >= 4 is 55.1 Å². The number of thiophene rings is 1. The first-order valence-corrected chi connectivity index (χ1v) is 13.9. The number of aryl methyl sites for hydroxylation is 1. The van der Waals surface area contributed by atoms with Gasteiger partial charge in [0.2, 0.25) is 0 Å². The lowest BCUT2D eigenvalue weighted by Gasteiger charge is -2.26. The van der Waals surface area contributed by atoms with Gasteiger partial charge in [0, 0.05) is 55.6 Å². The van der Waals surface area contributed by atoms with Crippen molar-refractivity contribution in [1.82, 2.24) is 15.2 Å². The Morgan fingerprint density at radius 2 is 1.97 bits per heavy atom. The fraction of sp³-hybridized carbons (Fsp3) is 0.417. The third-order valence-corrected chi connectivity index (χ3v) is 9.09. The van der Waals surface area contributed by atoms with Gasteiger partial charge in [-0.2, -0.15) is 0 Å². The van der Waals surface area contributed by atoms with Crippen molar-refractivity contribution in [1.29, 1.82) is 0 Å². The maximum atomic E-state index is 12.7. The number of carbonyl (C=O) groups is 1. The third-order valence-electron chi connectivity index (χ3n) is 5.86. The van der Waals surface area contributed by atoms with Crippen LogP contribution in [0.25, 0.3) is 10.8 Å². The maximum absolute atomic E-state index is 12.7. The number of carbonyl (C=O) groups excluding carboxylic acids is 1. The van der Waals surface area contributed by atoms with Crippen LogP contribution in [0.3, 0.4) is 0 Å². The summed E-state index contributed by atoms with van der Waals surface area (Å²) in [5.41, 5.74) is 6.99. The normalized spacial score (nSPS) is 15.8. The third kappa shape index (κ3) is 6.76. The number of halogens is 1. The zero-order chi connectivity index (χ0) is 23.4. The zero-order valence-electron chi connectivity index (χ0n) is 18.2. The van der Waals surface area contributed by atoms with E-state index in [1.807, 2.05) is 18.2 Å². The predicted octanol–water partition coefficient (Wildman–Crippen LogP) is 3.80. The molecule has 2 aromatic heterocycles. The number of fused-ring (bicyclic) bond motifs is 1. The molecule has 1 aliphatic rings. The summed E-state index contributed by atoms with van der Waals surface area (Å²) < 4.78 is 23.0. The van der Waals surface area contributed by atoms with E-state index in [9.17, 15) is 13.2 Å². The Kier molecular flexibility index (Phi) is 9.06. The number of rotatable bonds is 9. The maximum Gasteiger partial charge on any atom is 0.173 e. The molecule has 1 aromatic carbocycles. The summed E-state index contributed by atoms with van der Waals surface area (Å²) in [6.45, 7) is 3.29. The van der Waals surface area contributed by atoms with Crippen LogP contribution in [0.2, 0.25) is 5.02 Å². The molecule has 0 aliphatic carbocycles. The van der Waals surface area contributed by atoms with Crippen LogP contribution in [-0.4, -0.2) is 61.8 Å². The molecule has 0 atom stereocenters. The smallest absolute Gasteiger partial charge is 0.173 e. The van der Waals surface area contributed by atoms with Gasteiger partial charge in [-0.05, 0) is 29.5 Å². The summed E-state index contributed by atoms with van der Waals surface area (Å²) in [5, 5.41) is 5.89. The molecule has 3 N–H and O–H groups in total. The van der Waals surface area contributed by atoms with E-state index in [-0.39, 0.29) is 24.7 Å². The van der Waals surface area contributed by atoms with Crippen LogP contribution in [0.4, 0.5) is 5.82 Å². The van der Waals surface area contributed by atoms with E-state index in [0.717, 1.165) is 34.3 Å². The average Bonchev–Trinajstić information content (AvgIpc) is 3.16. The molecule has 0 spiro atoms. The fourth-order valence-electron chi connectivity index (χ4n) is 3.86. The molecular formula is C24H31ClN4O3S2. The van der Waals surface area contributed by atoms with Gasteiger partial charge in [0.15, 0.2) is 15.6 Å². The summed E-state index contributed by atoms with van der Waals surface area (Å²) >= 11 is 7.80. The number of anilines is 1. The SMILES string of the molecule is C.Nc1nccc2cc(CCC(=O)c3cc(Cl)c(CNCCN4CCS(=O)(=O)CC4)s3)ccc12. The van der Waals surface area contributed by atoms with Crippen molar-refractivity contribution in [2.75, 3.05) is 43.4 Å². The number of ketones is 1. The van der Waals surface area contributed by atoms with Crippen LogP contribution in [0.1, 0.15) is 34.0 Å². The lowest BCUT2D eigenvalue weighted by atomic mass is 10.0. The number of sulfone groups is 1. The van der Waals surface area contributed by atoms with Crippen molar-refractivity contribution in [3.63, 3.8) is 0 Å². The second-order valence-electron chi connectivity index (χ2n) is 8.23. The fourth-order valence-corrected chi connectivity index (χ4v) is 6.49. The summed E-state index contributed by atoms with van der Waals surface area (Å²) in [6, 6.07) is 9.67. The highest BCUT2D eigenvalue weighted by molar-refractivity contribution is 7.91. The predicted molar refractivity (Wildman–Crippen MR) is 142 cm³/mol. The van der Waals surface area contributed by atoms with Crippen LogP contribution in [0.15, 0.2) is 36.5 Å². The highest BCUT2D eigenvalue weighted by Crippen LogP contribution is 2.28. The van der Waals surface area contributed by atoms with Gasteiger partial charge in [0.25, 0.3) is 0 Å². The van der Waals surface area contributed by atoms with Crippen molar-refractivity contribution in [2.45, 2.75) is 26.8 Å². The number of nitrogens with two attached hydrogens (primary N) is 1. The molecule has 0 radical (unpaired) electrons. The molecule has 3 aromatic rings. The quantitative estimate of drug-likeness (QED) is 0.325. The minimum atomic E-state index is -2.85. The number of benzene rings is 1. The summed E-state index contributed by atoms with van der Waals surface area (Å²) in [4.78, 5) is 20.6. The Labute approximate surface area is 210 Å². The second-order valence-corrected chi connectivity index (χ2v) is 12.1. The van der Waals surface area contributed by atoms with Crippen LogP contribution in [0.5, 0.6) is 0 Å². The number of hydrogen-bond acceptors (Lipinski definition) is 8. The molecule has 184 valence electrons.